The number of fused-ring (bicyclic) bond motifs is 1. The highest BCUT2D eigenvalue weighted by atomic mass is 16.5. The van der Waals surface area contributed by atoms with Crippen LogP contribution in [0.3, 0.4) is 0 Å². The second-order valence-corrected chi connectivity index (χ2v) is 6.80. The molecule has 1 atom stereocenters. The molecule has 2 aromatic carbocycles. The summed E-state index contributed by atoms with van der Waals surface area (Å²) in [5, 5.41) is 30.0. The zero-order valence-electron chi connectivity index (χ0n) is 14.8. The number of ketones is 1. The summed E-state index contributed by atoms with van der Waals surface area (Å²) in [5.41, 5.74) is 2.80. The van der Waals surface area contributed by atoms with Crippen molar-refractivity contribution in [2.24, 2.45) is 0 Å². The Hall–Kier alpha value is -2.95. The number of benzene rings is 2. The van der Waals surface area contributed by atoms with E-state index in [4.69, 9.17) is 4.74 Å². The van der Waals surface area contributed by atoms with Gasteiger partial charge in [0, 0.05) is 30.0 Å². The molecule has 3 N–H and O–H groups in total. The maximum Gasteiger partial charge on any atom is 0.141 e. The summed E-state index contributed by atoms with van der Waals surface area (Å²) >= 11 is 0. The molecule has 0 saturated carbocycles. The van der Waals surface area contributed by atoms with E-state index >= 15 is 0 Å². The van der Waals surface area contributed by atoms with E-state index in [9.17, 15) is 20.1 Å². The van der Waals surface area contributed by atoms with Crippen LogP contribution in [0.15, 0.2) is 42.0 Å². The summed E-state index contributed by atoms with van der Waals surface area (Å²) in [5.74, 6) is 0.240. The molecule has 1 heterocycles. The smallest absolute Gasteiger partial charge is 0.141 e. The lowest BCUT2D eigenvalue weighted by molar-refractivity contribution is -0.119. The maximum absolute atomic E-state index is 12.4. The van der Waals surface area contributed by atoms with Crippen molar-refractivity contribution in [1.82, 2.24) is 0 Å². The van der Waals surface area contributed by atoms with Gasteiger partial charge >= 0.3 is 0 Å². The summed E-state index contributed by atoms with van der Waals surface area (Å²) in [7, 11) is 0. The van der Waals surface area contributed by atoms with Crippen LogP contribution in [0, 0.1) is 0 Å². The Balaban J connectivity index is 2.09. The van der Waals surface area contributed by atoms with Crippen molar-refractivity contribution in [3.8, 4) is 23.0 Å². The third kappa shape index (κ3) is 3.67. The highest BCUT2D eigenvalue weighted by Crippen LogP contribution is 2.43. The number of phenols is 3. The van der Waals surface area contributed by atoms with E-state index in [1.807, 2.05) is 19.9 Å². The first-order valence-electron chi connectivity index (χ1n) is 8.52. The number of aromatic hydroxyl groups is 3. The van der Waals surface area contributed by atoms with Crippen molar-refractivity contribution in [2.45, 2.75) is 39.2 Å². The SMILES string of the molecule is CC(C)=CCc1c(O)cc(O)c2c1OC(c1ccc(O)cc1)CC(=O)C2. The lowest BCUT2D eigenvalue weighted by atomic mass is 9.98. The molecule has 26 heavy (non-hydrogen) atoms. The number of carbonyl (C=O) groups excluding carboxylic acids is 1. The van der Waals surface area contributed by atoms with Gasteiger partial charge in [-0.1, -0.05) is 23.8 Å². The fourth-order valence-corrected chi connectivity index (χ4v) is 3.07. The Kier molecular flexibility index (Phi) is 4.89. The quantitative estimate of drug-likeness (QED) is 0.727. The summed E-state index contributed by atoms with van der Waals surface area (Å²) in [6, 6.07) is 7.76. The third-order valence-electron chi connectivity index (χ3n) is 4.47. The second-order valence-electron chi connectivity index (χ2n) is 6.80. The predicted octanol–water partition coefficient (Wildman–Crippen LogP) is 3.95. The van der Waals surface area contributed by atoms with E-state index in [1.54, 1.807) is 24.3 Å². The van der Waals surface area contributed by atoms with Crippen molar-refractivity contribution >= 4 is 5.78 Å². The van der Waals surface area contributed by atoms with E-state index in [1.165, 1.54) is 6.07 Å². The molecule has 1 aliphatic rings. The number of hydrogen-bond acceptors (Lipinski definition) is 5. The number of Topliss-reactive ketones (excluding diaryl/α,β-unsaturated/α-hetero) is 1. The second kappa shape index (κ2) is 7.12. The Morgan fingerprint density at radius 1 is 1.15 bits per heavy atom. The summed E-state index contributed by atoms with van der Waals surface area (Å²) in [4.78, 5) is 12.4. The molecule has 5 nitrogen and oxygen atoms in total. The Morgan fingerprint density at radius 3 is 2.50 bits per heavy atom. The van der Waals surface area contributed by atoms with Gasteiger partial charge in [-0.3, -0.25) is 4.79 Å². The highest BCUT2D eigenvalue weighted by molar-refractivity contribution is 5.84. The normalized spacial score (nSPS) is 16.4. The molecule has 0 radical (unpaired) electrons. The molecule has 5 heteroatoms. The lowest BCUT2D eigenvalue weighted by Crippen LogP contribution is -2.11. The van der Waals surface area contributed by atoms with Crippen LogP contribution in [-0.2, 0) is 17.6 Å². The van der Waals surface area contributed by atoms with E-state index in [-0.39, 0.29) is 35.9 Å². The van der Waals surface area contributed by atoms with Crippen LogP contribution in [0.2, 0.25) is 0 Å². The first-order valence-corrected chi connectivity index (χ1v) is 8.52. The van der Waals surface area contributed by atoms with Crippen molar-refractivity contribution in [1.29, 1.82) is 0 Å². The number of ether oxygens (including phenoxy) is 1. The zero-order valence-corrected chi connectivity index (χ0v) is 14.8. The van der Waals surface area contributed by atoms with E-state index < -0.39 is 6.10 Å². The molecular formula is C21H22O5. The highest BCUT2D eigenvalue weighted by Gasteiger charge is 2.29. The minimum absolute atomic E-state index is 0.0534. The van der Waals surface area contributed by atoms with Gasteiger partial charge in [0.1, 0.15) is 34.9 Å². The molecular weight excluding hydrogens is 332 g/mol. The predicted molar refractivity (Wildman–Crippen MR) is 97.7 cm³/mol. The lowest BCUT2D eigenvalue weighted by Gasteiger charge is -2.21. The van der Waals surface area contributed by atoms with Crippen LogP contribution < -0.4 is 4.74 Å². The first kappa shape index (κ1) is 17.9. The van der Waals surface area contributed by atoms with E-state index in [0.717, 1.165) is 11.1 Å². The van der Waals surface area contributed by atoms with Gasteiger partial charge in [-0.05, 0) is 38.0 Å². The standard InChI is InChI=1S/C21H22O5/c1-12(2)3-8-16-18(24)11-19(25)17-9-15(23)10-20(26-21(16)17)13-4-6-14(22)7-5-13/h3-7,11,20,22,24-25H,8-10H2,1-2H3. The minimum atomic E-state index is -0.545. The van der Waals surface area contributed by atoms with Crippen molar-refractivity contribution in [3.05, 3.63) is 58.7 Å². The van der Waals surface area contributed by atoms with Crippen molar-refractivity contribution in [2.75, 3.05) is 0 Å². The molecule has 0 spiro atoms. The van der Waals surface area contributed by atoms with Crippen molar-refractivity contribution < 1.29 is 24.9 Å². The van der Waals surface area contributed by atoms with Gasteiger partial charge in [0.05, 0.1) is 0 Å². The molecule has 0 aromatic heterocycles. The zero-order chi connectivity index (χ0) is 18.8. The van der Waals surface area contributed by atoms with Gasteiger partial charge in [-0.15, -0.1) is 0 Å². The number of hydrogen-bond donors (Lipinski definition) is 3. The van der Waals surface area contributed by atoms with Gasteiger partial charge in [0.2, 0.25) is 0 Å². The molecule has 0 amide bonds. The molecule has 1 unspecified atom stereocenters. The van der Waals surface area contributed by atoms with E-state index in [2.05, 4.69) is 0 Å². The molecule has 136 valence electrons. The molecule has 0 saturated heterocycles. The summed E-state index contributed by atoms with van der Waals surface area (Å²) in [6.07, 6.45) is 2.06. The van der Waals surface area contributed by atoms with Gasteiger partial charge < -0.3 is 20.1 Å². The molecule has 0 fully saturated rings. The number of carbonyl (C=O) groups is 1. The third-order valence-corrected chi connectivity index (χ3v) is 4.47. The maximum atomic E-state index is 12.4. The average molecular weight is 354 g/mol. The van der Waals surface area contributed by atoms with Crippen LogP contribution in [0.5, 0.6) is 23.0 Å². The van der Waals surface area contributed by atoms with Gasteiger partial charge in [0.15, 0.2) is 0 Å². The van der Waals surface area contributed by atoms with Crippen LogP contribution in [0.25, 0.3) is 0 Å². The van der Waals surface area contributed by atoms with Crippen LogP contribution in [0.4, 0.5) is 0 Å². The fourth-order valence-electron chi connectivity index (χ4n) is 3.07. The minimum Gasteiger partial charge on any atom is -0.508 e. The van der Waals surface area contributed by atoms with Crippen LogP contribution >= 0.6 is 0 Å². The molecule has 0 aliphatic carbocycles. The largest absolute Gasteiger partial charge is 0.508 e. The van der Waals surface area contributed by atoms with Gasteiger partial charge in [-0.25, -0.2) is 0 Å². The molecule has 2 aromatic rings. The number of rotatable bonds is 3. The van der Waals surface area contributed by atoms with Crippen LogP contribution in [-0.4, -0.2) is 21.1 Å². The fraction of sp³-hybridized carbons (Fsp3) is 0.286. The Morgan fingerprint density at radius 2 is 1.85 bits per heavy atom. The topological polar surface area (TPSA) is 87.0 Å². The van der Waals surface area contributed by atoms with Crippen LogP contribution in [0.1, 0.15) is 43.1 Å². The first-order chi connectivity index (χ1) is 12.3. The number of phenolic OH excluding ortho intramolecular Hbond substituents is 3. The average Bonchev–Trinajstić information content (AvgIpc) is 2.74. The monoisotopic (exact) mass is 354 g/mol. The van der Waals surface area contributed by atoms with Crippen molar-refractivity contribution in [3.63, 3.8) is 0 Å². The molecule has 1 aliphatic heterocycles. The van der Waals surface area contributed by atoms with Gasteiger partial charge in [0.25, 0.3) is 0 Å². The number of allylic oxidation sites excluding steroid dienone is 2. The Bertz CT molecular complexity index is 861. The Labute approximate surface area is 152 Å². The molecule has 3 rings (SSSR count). The summed E-state index contributed by atoms with van der Waals surface area (Å²) in [6.45, 7) is 3.92. The van der Waals surface area contributed by atoms with E-state index in [0.29, 0.717) is 23.3 Å². The molecule has 0 bridgehead atoms. The van der Waals surface area contributed by atoms with Gasteiger partial charge in [-0.2, -0.15) is 0 Å². The summed E-state index contributed by atoms with van der Waals surface area (Å²) < 4.78 is 6.13.